The summed E-state index contributed by atoms with van der Waals surface area (Å²) in [6, 6.07) is 13.5. The van der Waals surface area contributed by atoms with E-state index in [0.29, 0.717) is 28.8 Å². The number of methoxy groups -OCH3 is 1. The summed E-state index contributed by atoms with van der Waals surface area (Å²) in [6.07, 6.45) is 1.69. The van der Waals surface area contributed by atoms with Crippen LogP contribution in [0.15, 0.2) is 66.3 Å². The Labute approximate surface area is 208 Å². The molecule has 3 rings (SSSR count). The van der Waals surface area contributed by atoms with Crippen LogP contribution < -0.4 is 10.6 Å². The van der Waals surface area contributed by atoms with Gasteiger partial charge in [-0.3, -0.25) is 9.59 Å². The second kappa shape index (κ2) is 12.0. The number of thioether (sulfide) groups is 1. The third kappa shape index (κ3) is 6.36. The highest BCUT2D eigenvalue weighted by Crippen LogP contribution is 2.22. The molecular formula is C25H27N5O4S. The lowest BCUT2D eigenvalue weighted by Crippen LogP contribution is -2.29. The molecule has 0 saturated carbocycles. The highest BCUT2D eigenvalue weighted by Gasteiger charge is 2.21. The number of para-hydroxylation sites is 1. The number of amides is 2. The molecule has 0 fully saturated rings. The number of nitrogens with zero attached hydrogens (tertiary/aromatic N) is 3. The number of nitrogens with one attached hydrogen (secondary N) is 2. The summed E-state index contributed by atoms with van der Waals surface area (Å²) in [5, 5.41) is 14.7. The van der Waals surface area contributed by atoms with Crippen LogP contribution in [0.2, 0.25) is 0 Å². The smallest absolute Gasteiger partial charge is 0.339 e. The third-order valence-electron chi connectivity index (χ3n) is 5.12. The first-order chi connectivity index (χ1) is 16.8. The van der Waals surface area contributed by atoms with E-state index >= 15 is 0 Å². The molecule has 2 N–H and O–H groups in total. The van der Waals surface area contributed by atoms with E-state index in [1.54, 1.807) is 41.0 Å². The summed E-state index contributed by atoms with van der Waals surface area (Å²) in [7, 11) is 1.28. The number of aromatic nitrogens is 3. The number of aryl methyl sites for hydroxylation is 1. The number of carbonyl (C=O) groups is 3. The van der Waals surface area contributed by atoms with Gasteiger partial charge in [0, 0.05) is 12.1 Å². The summed E-state index contributed by atoms with van der Waals surface area (Å²) in [5.41, 5.74) is 2.10. The number of ether oxygens (including phenoxy) is 1. The Morgan fingerprint density at radius 3 is 2.49 bits per heavy atom. The first-order valence-corrected chi connectivity index (χ1v) is 11.8. The van der Waals surface area contributed by atoms with E-state index in [4.69, 9.17) is 4.74 Å². The Morgan fingerprint density at radius 2 is 1.80 bits per heavy atom. The van der Waals surface area contributed by atoms with Gasteiger partial charge in [-0.1, -0.05) is 48.2 Å². The van der Waals surface area contributed by atoms with Crippen LogP contribution in [0.25, 0.3) is 0 Å². The average Bonchev–Trinajstić information content (AvgIpc) is 3.25. The van der Waals surface area contributed by atoms with Gasteiger partial charge in [0.15, 0.2) is 11.0 Å². The van der Waals surface area contributed by atoms with Crippen molar-refractivity contribution in [1.29, 1.82) is 0 Å². The average molecular weight is 494 g/mol. The zero-order valence-electron chi connectivity index (χ0n) is 19.8. The molecule has 35 heavy (non-hydrogen) atoms. The van der Waals surface area contributed by atoms with Gasteiger partial charge in [0.05, 0.1) is 30.2 Å². The van der Waals surface area contributed by atoms with Crippen molar-refractivity contribution in [2.45, 2.75) is 31.6 Å². The van der Waals surface area contributed by atoms with Gasteiger partial charge in [0.2, 0.25) is 5.91 Å². The predicted octanol–water partition coefficient (Wildman–Crippen LogP) is 3.78. The fourth-order valence-corrected chi connectivity index (χ4v) is 4.15. The second-order valence-corrected chi connectivity index (χ2v) is 8.57. The van der Waals surface area contributed by atoms with Crippen LogP contribution in [-0.2, 0) is 16.1 Å². The Bertz CT molecular complexity index is 1240. The van der Waals surface area contributed by atoms with Crippen molar-refractivity contribution < 1.29 is 19.1 Å². The highest BCUT2D eigenvalue weighted by atomic mass is 32.2. The van der Waals surface area contributed by atoms with Crippen LogP contribution in [0.4, 0.5) is 5.69 Å². The minimum absolute atomic E-state index is 0.0364. The van der Waals surface area contributed by atoms with E-state index in [1.165, 1.54) is 18.9 Å². The zero-order valence-corrected chi connectivity index (χ0v) is 20.6. The van der Waals surface area contributed by atoms with Gasteiger partial charge in [-0.25, -0.2) is 4.79 Å². The number of benzene rings is 2. The monoisotopic (exact) mass is 493 g/mol. The summed E-state index contributed by atoms with van der Waals surface area (Å²) in [5.74, 6) is -0.477. The molecule has 1 atom stereocenters. The summed E-state index contributed by atoms with van der Waals surface area (Å²) in [4.78, 5) is 37.2. The fourth-order valence-electron chi connectivity index (χ4n) is 3.39. The molecule has 2 amide bonds. The van der Waals surface area contributed by atoms with Crippen molar-refractivity contribution in [2.24, 2.45) is 0 Å². The molecule has 0 radical (unpaired) electrons. The molecule has 182 valence electrons. The number of hydrogen-bond donors (Lipinski definition) is 2. The Morgan fingerprint density at radius 1 is 1.11 bits per heavy atom. The zero-order chi connectivity index (χ0) is 25.4. The highest BCUT2D eigenvalue weighted by molar-refractivity contribution is 7.99. The minimum Gasteiger partial charge on any atom is -0.465 e. The normalized spacial score (nSPS) is 11.4. The number of allylic oxidation sites excluding steroid dienone is 1. The molecule has 1 heterocycles. The molecule has 0 bridgehead atoms. The van der Waals surface area contributed by atoms with Crippen molar-refractivity contribution in [3.63, 3.8) is 0 Å². The van der Waals surface area contributed by atoms with Crippen LogP contribution in [0.3, 0.4) is 0 Å². The molecule has 0 spiro atoms. The maximum atomic E-state index is 12.7. The summed E-state index contributed by atoms with van der Waals surface area (Å²) >= 11 is 1.19. The van der Waals surface area contributed by atoms with E-state index in [2.05, 4.69) is 27.4 Å². The molecule has 0 saturated heterocycles. The largest absolute Gasteiger partial charge is 0.465 e. The third-order valence-corrected chi connectivity index (χ3v) is 6.09. The van der Waals surface area contributed by atoms with Crippen molar-refractivity contribution >= 4 is 35.2 Å². The van der Waals surface area contributed by atoms with Gasteiger partial charge in [0.25, 0.3) is 5.91 Å². The first kappa shape index (κ1) is 25.7. The van der Waals surface area contributed by atoms with E-state index < -0.39 is 12.0 Å². The molecule has 0 aliphatic carbocycles. The number of esters is 1. The molecule has 1 aromatic heterocycles. The number of hydrogen-bond acceptors (Lipinski definition) is 7. The molecule has 10 heteroatoms. The van der Waals surface area contributed by atoms with Crippen LogP contribution in [0.5, 0.6) is 0 Å². The number of carbonyl (C=O) groups excluding carboxylic acids is 3. The quantitative estimate of drug-likeness (QED) is 0.251. The maximum Gasteiger partial charge on any atom is 0.339 e. The predicted molar refractivity (Wildman–Crippen MR) is 134 cm³/mol. The van der Waals surface area contributed by atoms with Gasteiger partial charge >= 0.3 is 5.97 Å². The lowest BCUT2D eigenvalue weighted by Gasteiger charge is -2.16. The molecule has 0 aliphatic rings. The van der Waals surface area contributed by atoms with Gasteiger partial charge in [-0.05, 0) is 37.6 Å². The minimum atomic E-state index is -0.536. The molecular weight excluding hydrogens is 466 g/mol. The van der Waals surface area contributed by atoms with E-state index in [9.17, 15) is 14.4 Å². The standard InChI is InChI=1S/C25H27N5O4S/c1-5-14-30-22(17(3)26-23(32)18-11-7-6-10-16(18)2)28-29-25(30)35-15-21(31)27-20-13-9-8-12-19(20)24(33)34-4/h5-13,17H,1,14-15H2,2-4H3,(H,26,32)(H,27,31)/t17-/m0/s1. The van der Waals surface area contributed by atoms with Gasteiger partial charge < -0.3 is 19.9 Å². The van der Waals surface area contributed by atoms with E-state index in [-0.39, 0.29) is 23.1 Å². The topological polar surface area (TPSA) is 115 Å². The van der Waals surface area contributed by atoms with Crippen LogP contribution in [0, 0.1) is 6.92 Å². The molecule has 9 nitrogen and oxygen atoms in total. The van der Waals surface area contributed by atoms with Gasteiger partial charge in [-0.15, -0.1) is 16.8 Å². The van der Waals surface area contributed by atoms with Crippen molar-refractivity contribution in [1.82, 2.24) is 20.1 Å². The van der Waals surface area contributed by atoms with E-state index in [1.807, 2.05) is 32.0 Å². The van der Waals surface area contributed by atoms with E-state index in [0.717, 1.165) is 5.56 Å². The lowest BCUT2D eigenvalue weighted by atomic mass is 10.1. The Kier molecular flexibility index (Phi) is 8.80. The molecule has 2 aromatic carbocycles. The molecule has 0 unspecified atom stereocenters. The number of anilines is 1. The second-order valence-electron chi connectivity index (χ2n) is 7.62. The molecule has 3 aromatic rings. The summed E-state index contributed by atoms with van der Waals surface area (Å²) < 4.78 is 6.56. The molecule has 0 aliphatic heterocycles. The fraction of sp³-hybridized carbons (Fsp3) is 0.240. The SMILES string of the molecule is C=CCn1c(SCC(=O)Nc2ccccc2C(=O)OC)nnc1[C@H](C)NC(=O)c1ccccc1C. The number of rotatable bonds is 10. The first-order valence-electron chi connectivity index (χ1n) is 10.9. The van der Waals surface area contributed by atoms with Crippen molar-refractivity contribution in [2.75, 3.05) is 18.2 Å². The maximum absolute atomic E-state index is 12.7. The Hall–Kier alpha value is -3.92. The van der Waals surface area contributed by atoms with Crippen LogP contribution in [0.1, 0.15) is 45.1 Å². The Balaban J connectivity index is 1.69. The van der Waals surface area contributed by atoms with Crippen molar-refractivity contribution in [3.8, 4) is 0 Å². The lowest BCUT2D eigenvalue weighted by molar-refractivity contribution is -0.113. The van der Waals surface area contributed by atoms with Crippen LogP contribution in [-0.4, -0.2) is 45.4 Å². The van der Waals surface area contributed by atoms with Crippen LogP contribution >= 0.6 is 11.8 Å². The van der Waals surface area contributed by atoms with Gasteiger partial charge in [-0.2, -0.15) is 0 Å². The van der Waals surface area contributed by atoms with Gasteiger partial charge in [0.1, 0.15) is 0 Å². The van der Waals surface area contributed by atoms with Crippen molar-refractivity contribution in [3.05, 3.63) is 83.7 Å². The summed E-state index contributed by atoms with van der Waals surface area (Å²) in [6.45, 7) is 7.89.